The van der Waals surface area contributed by atoms with E-state index in [4.69, 9.17) is 10.5 Å². The molecule has 0 radical (unpaired) electrons. The van der Waals surface area contributed by atoms with Crippen LogP contribution in [0.3, 0.4) is 0 Å². The molecule has 0 amide bonds. The maximum atomic E-state index is 5.99. The maximum absolute atomic E-state index is 5.99. The number of nitrogens with one attached hydrogen (secondary N) is 1. The van der Waals surface area contributed by atoms with E-state index in [9.17, 15) is 0 Å². The minimum Gasteiger partial charge on any atom is -0.496 e. The fourth-order valence-electron chi connectivity index (χ4n) is 6.05. The molecular weight excluding hydrogens is 436 g/mol. The average Bonchev–Trinajstić information content (AvgIpc) is 3.24. The number of hydrogen-bond donors (Lipinski definition) is 2. The van der Waals surface area contributed by atoms with Crippen molar-refractivity contribution in [1.82, 2.24) is 19.4 Å². The zero-order chi connectivity index (χ0) is 24.3. The first-order valence-corrected chi connectivity index (χ1v) is 13.3. The van der Waals surface area contributed by atoms with Crippen molar-refractivity contribution in [2.24, 2.45) is 5.41 Å². The van der Waals surface area contributed by atoms with E-state index in [0.717, 1.165) is 47.7 Å². The molecule has 0 atom stereocenters. The zero-order valence-corrected chi connectivity index (χ0v) is 21.4. The van der Waals surface area contributed by atoms with Gasteiger partial charge in [-0.1, -0.05) is 51.2 Å². The largest absolute Gasteiger partial charge is 0.496 e. The van der Waals surface area contributed by atoms with Crippen LogP contribution in [-0.2, 0) is 13.1 Å². The van der Waals surface area contributed by atoms with Gasteiger partial charge < -0.3 is 20.4 Å². The predicted octanol–water partition coefficient (Wildman–Crippen LogP) is 5.44. The molecule has 3 N–H and O–H groups in total. The van der Waals surface area contributed by atoms with Crippen LogP contribution in [-0.4, -0.2) is 46.2 Å². The highest BCUT2D eigenvalue weighted by Crippen LogP contribution is 2.44. The number of unbranched alkanes of at least 4 members (excludes halogenated alkanes) is 2. The standard InChI is InChI=1S/C28H40N6O/c1-3-4-8-14-30-26-25-23(31-27(29)32-26)11-15-34(25)18-22-10-9-21(16-24(22)35-2)17-33-19-28(20-33)12-6-5-7-13-28/h9-11,15-16H,3-8,12-14,17-20H2,1-2H3,(H3,29,30,31,32). The van der Waals surface area contributed by atoms with Gasteiger partial charge in [-0.15, -0.1) is 0 Å². The van der Waals surface area contributed by atoms with Crippen molar-refractivity contribution in [3.63, 3.8) is 0 Å². The van der Waals surface area contributed by atoms with E-state index >= 15 is 0 Å². The van der Waals surface area contributed by atoms with E-state index in [-0.39, 0.29) is 0 Å². The van der Waals surface area contributed by atoms with Crippen molar-refractivity contribution >= 4 is 22.8 Å². The summed E-state index contributed by atoms with van der Waals surface area (Å²) in [6.07, 6.45) is 12.6. The van der Waals surface area contributed by atoms with Crippen LogP contribution in [0.25, 0.3) is 11.0 Å². The lowest BCUT2D eigenvalue weighted by Gasteiger charge is -2.52. The number of rotatable bonds is 10. The third kappa shape index (κ3) is 5.25. The number of aromatic nitrogens is 3. The normalized spacial score (nSPS) is 17.5. The summed E-state index contributed by atoms with van der Waals surface area (Å²) in [5.74, 6) is 2.04. The van der Waals surface area contributed by atoms with Gasteiger partial charge in [0.05, 0.1) is 19.2 Å². The Kier molecular flexibility index (Phi) is 7.14. The Hall–Kier alpha value is -2.80. The number of methoxy groups -OCH3 is 1. The minimum atomic E-state index is 0.302. The van der Waals surface area contributed by atoms with Gasteiger partial charge in [0.25, 0.3) is 0 Å². The van der Waals surface area contributed by atoms with E-state index in [1.807, 2.05) is 6.07 Å². The van der Waals surface area contributed by atoms with Crippen molar-refractivity contribution < 1.29 is 4.74 Å². The number of nitrogens with zero attached hydrogens (tertiary/aromatic N) is 4. The number of likely N-dealkylation sites (tertiary alicyclic amines) is 1. The molecule has 1 saturated carbocycles. The van der Waals surface area contributed by atoms with Gasteiger partial charge >= 0.3 is 0 Å². The van der Waals surface area contributed by atoms with Crippen molar-refractivity contribution in [2.75, 3.05) is 37.8 Å². The molecule has 0 unspecified atom stereocenters. The van der Waals surface area contributed by atoms with Gasteiger partial charge in [-0.25, -0.2) is 4.98 Å². The van der Waals surface area contributed by atoms with Crippen LogP contribution in [0.2, 0.25) is 0 Å². The van der Waals surface area contributed by atoms with E-state index in [0.29, 0.717) is 17.9 Å². The molecular formula is C28H40N6O. The lowest BCUT2D eigenvalue weighted by molar-refractivity contribution is -0.0332. The lowest BCUT2D eigenvalue weighted by Crippen LogP contribution is -2.56. The molecule has 1 aromatic carbocycles. The summed E-state index contributed by atoms with van der Waals surface area (Å²) in [4.78, 5) is 11.6. The molecule has 5 rings (SSSR count). The Morgan fingerprint density at radius 2 is 1.89 bits per heavy atom. The highest BCUT2D eigenvalue weighted by Gasteiger charge is 2.42. The number of nitrogen functional groups attached to an aromatic ring is 1. The smallest absolute Gasteiger partial charge is 0.222 e. The molecule has 3 aromatic rings. The first-order valence-electron chi connectivity index (χ1n) is 13.3. The summed E-state index contributed by atoms with van der Waals surface area (Å²) in [6.45, 7) is 7.29. The van der Waals surface area contributed by atoms with Gasteiger partial charge in [-0.05, 0) is 42.4 Å². The molecule has 188 valence electrons. The third-order valence-corrected chi connectivity index (χ3v) is 7.83. The Bertz CT molecular complexity index is 1140. The van der Waals surface area contributed by atoms with Crippen LogP contribution in [0.5, 0.6) is 5.75 Å². The topological polar surface area (TPSA) is 81.2 Å². The molecule has 0 bridgehead atoms. The highest BCUT2D eigenvalue weighted by molar-refractivity contribution is 5.87. The summed E-state index contributed by atoms with van der Waals surface area (Å²) >= 11 is 0. The fraction of sp³-hybridized carbons (Fsp3) is 0.571. The van der Waals surface area contributed by atoms with Crippen LogP contribution < -0.4 is 15.8 Å². The molecule has 1 aliphatic heterocycles. The van der Waals surface area contributed by atoms with E-state index < -0.39 is 0 Å². The van der Waals surface area contributed by atoms with Crippen molar-refractivity contribution in [3.05, 3.63) is 41.6 Å². The van der Waals surface area contributed by atoms with Crippen LogP contribution in [0.4, 0.5) is 11.8 Å². The van der Waals surface area contributed by atoms with Gasteiger partial charge in [-0.3, -0.25) is 4.90 Å². The van der Waals surface area contributed by atoms with Crippen LogP contribution in [0, 0.1) is 5.41 Å². The van der Waals surface area contributed by atoms with Gasteiger partial charge in [-0.2, -0.15) is 4.98 Å². The monoisotopic (exact) mass is 476 g/mol. The molecule has 7 heteroatoms. The van der Waals surface area contributed by atoms with E-state index in [1.54, 1.807) is 7.11 Å². The molecule has 1 saturated heterocycles. The summed E-state index contributed by atoms with van der Waals surface area (Å²) < 4.78 is 8.02. The van der Waals surface area contributed by atoms with Crippen LogP contribution >= 0.6 is 0 Å². The fourth-order valence-corrected chi connectivity index (χ4v) is 6.05. The highest BCUT2D eigenvalue weighted by atomic mass is 16.5. The Morgan fingerprint density at radius 1 is 1.06 bits per heavy atom. The number of nitrogens with two attached hydrogens (primary N) is 1. The quantitative estimate of drug-likeness (QED) is 0.379. The van der Waals surface area contributed by atoms with Crippen molar-refractivity contribution in [2.45, 2.75) is 71.4 Å². The Balaban J connectivity index is 1.30. The average molecular weight is 477 g/mol. The van der Waals surface area contributed by atoms with Crippen molar-refractivity contribution in [1.29, 1.82) is 0 Å². The number of ether oxygens (including phenoxy) is 1. The summed E-state index contributed by atoms with van der Waals surface area (Å²) in [7, 11) is 1.77. The lowest BCUT2D eigenvalue weighted by atomic mass is 9.68. The van der Waals surface area contributed by atoms with Gasteiger partial charge in [0, 0.05) is 37.9 Å². The summed E-state index contributed by atoms with van der Waals surface area (Å²) in [6, 6.07) is 8.69. The molecule has 2 aromatic heterocycles. The second kappa shape index (κ2) is 10.4. The molecule has 3 heterocycles. The molecule has 7 nitrogen and oxygen atoms in total. The molecule has 1 aliphatic carbocycles. The molecule has 2 aliphatic rings. The van der Waals surface area contributed by atoms with Gasteiger partial charge in [0.1, 0.15) is 11.3 Å². The first kappa shape index (κ1) is 23.9. The minimum absolute atomic E-state index is 0.302. The SMILES string of the molecule is CCCCCNc1nc(N)nc2ccn(Cc3ccc(CN4CC5(CCCCC5)C4)cc3OC)c12. The number of fused-ring (bicyclic) bond motifs is 1. The van der Waals surface area contributed by atoms with Gasteiger partial charge in [0.2, 0.25) is 5.95 Å². The number of hydrogen-bond acceptors (Lipinski definition) is 6. The second-order valence-corrected chi connectivity index (χ2v) is 10.6. The molecule has 2 fully saturated rings. The summed E-state index contributed by atoms with van der Waals surface area (Å²) in [5, 5.41) is 3.48. The van der Waals surface area contributed by atoms with E-state index in [2.05, 4.69) is 56.1 Å². The summed E-state index contributed by atoms with van der Waals surface area (Å²) in [5.41, 5.74) is 10.9. The maximum Gasteiger partial charge on any atom is 0.222 e. The van der Waals surface area contributed by atoms with Crippen LogP contribution in [0.1, 0.15) is 69.4 Å². The third-order valence-electron chi connectivity index (χ3n) is 7.83. The van der Waals surface area contributed by atoms with Crippen molar-refractivity contribution in [3.8, 4) is 5.75 Å². The first-order chi connectivity index (χ1) is 17.1. The molecule has 35 heavy (non-hydrogen) atoms. The second-order valence-electron chi connectivity index (χ2n) is 10.6. The molecule has 1 spiro atoms. The van der Waals surface area contributed by atoms with Gasteiger partial charge in [0.15, 0.2) is 5.82 Å². The van der Waals surface area contributed by atoms with E-state index in [1.165, 1.54) is 63.6 Å². The number of benzene rings is 1. The Labute approximate surface area is 209 Å². The Morgan fingerprint density at radius 3 is 2.66 bits per heavy atom. The zero-order valence-electron chi connectivity index (χ0n) is 21.4. The van der Waals surface area contributed by atoms with Crippen LogP contribution in [0.15, 0.2) is 30.5 Å². The predicted molar refractivity (Wildman–Crippen MR) is 143 cm³/mol. The number of anilines is 2.